The van der Waals surface area contributed by atoms with Crippen molar-refractivity contribution in [3.63, 3.8) is 0 Å². The van der Waals surface area contributed by atoms with Crippen molar-refractivity contribution >= 4 is 12.4 Å². The first-order valence-corrected chi connectivity index (χ1v) is 6.37. The molecule has 1 aliphatic rings. The molecule has 0 saturated heterocycles. The molecule has 2 rings (SSSR count). The summed E-state index contributed by atoms with van der Waals surface area (Å²) in [5, 5.41) is 0. The fourth-order valence-electron chi connectivity index (χ4n) is 2.75. The first-order valence-electron chi connectivity index (χ1n) is 6.37. The normalized spacial score (nSPS) is 17.9. The minimum absolute atomic E-state index is 0.185. The van der Waals surface area contributed by atoms with Crippen LogP contribution in [0.3, 0.4) is 0 Å². The van der Waals surface area contributed by atoms with Crippen LogP contribution in [0.1, 0.15) is 37.8 Å². The second kappa shape index (κ2) is 5.52. The van der Waals surface area contributed by atoms with Crippen molar-refractivity contribution in [2.45, 2.75) is 44.6 Å². The van der Waals surface area contributed by atoms with Crippen molar-refractivity contribution in [2.24, 2.45) is 0 Å². The van der Waals surface area contributed by atoms with Gasteiger partial charge in [0.15, 0.2) is 0 Å². The Morgan fingerprint density at radius 3 is 2.78 bits per heavy atom. The number of carbonyl (C=O) groups excluding carboxylic acids is 1. The van der Waals surface area contributed by atoms with Crippen LogP contribution in [0.4, 0.5) is 6.01 Å². The number of ether oxygens (including phenoxy) is 1. The number of oxazole rings is 1. The molecule has 1 aromatic rings. The van der Waals surface area contributed by atoms with Gasteiger partial charge in [0.1, 0.15) is 6.26 Å². The van der Waals surface area contributed by atoms with Crippen molar-refractivity contribution < 1.29 is 13.9 Å². The van der Waals surface area contributed by atoms with Crippen molar-refractivity contribution in [1.82, 2.24) is 4.98 Å². The van der Waals surface area contributed by atoms with E-state index in [1.165, 1.54) is 0 Å². The Labute approximate surface area is 107 Å². The minimum atomic E-state index is -0.185. The van der Waals surface area contributed by atoms with Crippen LogP contribution in [-0.4, -0.2) is 30.6 Å². The summed E-state index contributed by atoms with van der Waals surface area (Å²) in [7, 11) is 1.68. The molecule has 5 heteroatoms. The fraction of sp³-hybridized carbons (Fsp3) is 0.692. The van der Waals surface area contributed by atoms with Gasteiger partial charge in [-0.2, -0.15) is 4.98 Å². The number of anilines is 1. The number of aromatic nitrogens is 1. The van der Waals surface area contributed by atoms with E-state index in [0.717, 1.165) is 44.2 Å². The van der Waals surface area contributed by atoms with Gasteiger partial charge in [-0.1, -0.05) is 12.8 Å². The Balaban J connectivity index is 2.24. The summed E-state index contributed by atoms with van der Waals surface area (Å²) in [6.45, 7) is 2.50. The van der Waals surface area contributed by atoms with Crippen LogP contribution in [0.2, 0.25) is 0 Å². The maximum absolute atomic E-state index is 11.5. The maximum atomic E-state index is 11.5. The first kappa shape index (κ1) is 13.1. The lowest BCUT2D eigenvalue weighted by Crippen LogP contribution is -2.47. The first-order chi connectivity index (χ1) is 8.72. The Kier molecular flexibility index (Phi) is 4.01. The molecule has 0 N–H and O–H groups in total. The number of hydrogen-bond donors (Lipinski definition) is 0. The lowest BCUT2D eigenvalue weighted by molar-refractivity contribution is -0.108. The molecule has 1 heterocycles. The van der Waals surface area contributed by atoms with Crippen LogP contribution in [0.25, 0.3) is 0 Å². The van der Waals surface area contributed by atoms with E-state index in [-0.39, 0.29) is 5.54 Å². The Hall–Kier alpha value is -1.36. The van der Waals surface area contributed by atoms with E-state index in [1.54, 1.807) is 18.3 Å². The van der Waals surface area contributed by atoms with Gasteiger partial charge < -0.3 is 9.15 Å². The molecule has 0 radical (unpaired) electrons. The largest absolute Gasteiger partial charge is 0.431 e. The number of amides is 1. The predicted molar refractivity (Wildman–Crippen MR) is 67.5 cm³/mol. The summed E-state index contributed by atoms with van der Waals surface area (Å²) in [6, 6.07) is 0.403. The minimum Gasteiger partial charge on any atom is -0.431 e. The van der Waals surface area contributed by atoms with E-state index in [4.69, 9.17) is 9.15 Å². The molecule has 0 spiro atoms. The number of rotatable bonds is 6. The number of aryl methyl sites for hydroxylation is 1. The zero-order valence-electron chi connectivity index (χ0n) is 11.0. The lowest BCUT2D eigenvalue weighted by Gasteiger charge is -2.36. The molecule has 0 aliphatic heterocycles. The average Bonchev–Trinajstić information content (AvgIpc) is 2.99. The summed E-state index contributed by atoms with van der Waals surface area (Å²) in [5.41, 5.74) is 0.603. The van der Waals surface area contributed by atoms with Gasteiger partial charge in [0.05, 0.1) is 11.2 Å². The van der Waals surface area contributed by atoms with E-state index in [0.29, 0.717) is 12.6 Å². The highest BCUT2D eigenvalue weighted by Crippen LogP contribution is 2.39. The summed E-state index contributed by atoms with van der Waals surface area (Å²) in [4.78, 5) is 17.4. The van der Waals surface area contributed by atoms with E-state index in [2.05, 4.69) is 4.98 Å². The molecule has 1 amide bonds. The standard InChI is InChI=1S/C13H20N2O3/c1-11-9-18-12(14-11)15(10-16)13(7-8-17-2)5-3-4-6-13/h9-10H,3-8H2,1-2H3. The molecule has 0 atom stereocenters. The summed E-state index contributed by atoms with van der Waals surface area (Å²) >= 11 is 0. The third-order valence-electron chi connectivity index (χ3n) is 3.74. The van der Waals surface area contributed by atoms with Gasteiger partial charge in [-0.25, -0.2) is 0 Å². The van der Waals surface area contributed by atoms with Gasteiger partial charge in [-0.15, -0.1) is 0 Å². The topological polar surface area (TPSA) is 55.6 Å². The molecule has 1 aromatic heterocycles. The second-order valence-corrected chi connectivity index (χ2v) is 4.92. The highest BCUT2D eigenvalue weighted by Gasteiger charge is 2.41. The van der Waals surface area contributed by atoms with Crippen LogP contribution in [0, 0.1) is 6.92 Å². The highest BCUT2D eigenvalue weighted by atomic mass is 16.5. The highest BCUT2D eigenvalue weighted by molar-refractivity contribution is 5.73. The van der Waals surface area contributed by atoms with Gasteiger partial charge in [0.25, 0.3) is 0 Å². The summed E-state index contributed by atoms with van der Waals surface area (Å²) in [5.74, 6) is 0. The number of nitrogens with zero attached hydrogens (tertiary/aromatic N) is 2. The molecule has 1 fully saturated rings. The Morgan fingerprint density at radius 2 is 2.28 bits per heavy atom. The lowest BCUT2D eigenvalue weighted by atomic mass is 9.92. The molecule has 18 heavy (non-hydrogen) atoms. The van der Waals surface area contributed by atoms with Gasteiger partial charge in [0.2, 0.25) is 6.41 Å². The molecular formula is C13H20N2O3. The van der Waals surface area contributed by atoms with Gasteiger partial charge in [-0.05, 0) is 26.2 Å². The zero-order chi connectivity index (χ0) is 13.0. The van der Waals surface area contributed by atoms with Crippen LogP contribution in [-0.2, 0) is 9.53 Å². The summed E-state index contributed by atoms with van der Waals surface area (Å²) in [6.07, 6.45) is 7.47. The van der Waals surface area contributed by atoms with E-state index < -0.39 is 0 Å². The van der Waals surface area contributed by atoms with Gasteiger partial charge in [-0.3, -0.25) is 9.69 Å². The third kappa shape index (κ3) is 2.41. The quantitative estimate of drug-likeness (QED) is 0.729. The maximum Gasteiger partial charge on any atom is 0.304 e. The molecule has 0 aromatic carbocycles. The average molecular weight is 252 g/mol. The fourth-order valence-corrected chi connectivity index (χ4v) is 2.75. The van der Waals surface area contributed by atoms with Gasteiger partial charge in [0, 0.05) is 13.7 Å². The molecule has 5 nitrogen and oxygen atoms in total. The Morgan fingerprint density at radius 1 is 1.56 bits per heavy atom. The van der Waals surface area contributed by atoms with E-state index in [9.17, 15) is 4.79 Å². The Bertz CT molecular complexity index is 397. The van der Waals surface area contributed by atoms with Crippen molar-refractivity contribution in [3.05, 3.63) is 12.0 Å². The molecule has 0 unspecified atom stereocenters. The van der Waals surface area contributed by atoms with E-state index in [1.807, 2.05) is 6.92 Å². The number of methoxy groups -OCH3 is 1. The predicted octanol–water partition coefficient (Wildman–Crippen LogP) is 2.30. The molecule has 100 valence electrons. The van der Waals surface area contributed by atoms with Gasteiger partial charge >= 0.3 is 6.01 Å². The second-order valence-electron chi connectivity index (χ2n) is 4.92. The van der Waals surface area contributed by atoms with Crippen LogP contribution in [0.5, 0.6) is 0 Å². The monoisotopic (exact) mass is 252 g/mol. The summed E-state index contributed by atoms with van der Waals surface area (Å²) < 4.78 is 10.5. The number of hydrogen-bond acceptors (Lipinski definition) is 4. The van der Waals surface area contributed by atoms with E-state index >= 15 is 0 Å². The van der Waals surface area contributed by atoms with Crippen LogP contribution < -0.4 is 4.90 Å². The third-order valence-corrected chi connectivity index (χ3v) is 3.74. The molecular weight excluding hydrogens is 232 g/mol. The van der Waals surface area contributed by atoms with Crippen LogP contribution in [0.15, 0.2) is 10.7 Å². The van der Waals surface area contributed by atoms with Crippen molar-refractivity contribution in [3.8, 4) is 0 Å². The van der Waals surface area contributed by atoms with Crippen molar-refractivity contribution in [2.75, 3.05) is 18.6 Å². The molecule has 0 bridgehead atoms. The van der Waals surface area contributed by atoms with Crippen molar-refractivity contribution in [1.29, 1.82) is 0 Å². The smallest absolute Gasteiger partial charge is 0.304 e. The zero-order valence-corrected chi connectivity index (χ0v) is 11.0. The SMILES string of the molecule is COCCC1(N(C=O)c2nc(C)co2)CCCC1. The number of carbonyl (C=O) groups is 1. The molecule has 1 aliphatic carbocycles. The molecule has 1 saturated carbocycles. The van der Waals surface area contributed by atoms with Crippen LogP contribution >= 0.6 is 0 Å².